The second-order valence-corrected chi connectivity index (χ2v) is 9.86. The summed E-state index contributed by atoms with van der Waals surface area (Å²) in [5.41, 5.74) is 2.08. The largest absolute Gasteiger partial charge is 0.464 e. The monoisotopic (exact) mass is 486 g/mol. The fraction of sp³-hybridized carbons (Fsp3) is 0.556. The number of ether oxygens (including phenoxy) is 2. The summed E-state index contributed by atoms with van der Waals surface area (Å²) in [6.45, 7) is 1.30. The van der Waals surface area contributed by atoms with E-state index in [9.17, 15) is 13.2 Å². The smallest absolute Gasteiger partial charge is 0.354 e. The molecule has 1 unspecified atom stereocenters. The zero-order valence-electron chi connectivity index (χ0n) is 16.3. The van der Waals surface area contributed by atoms with Crippen molar-refractivity contribution in [1.82, 2.24) is 18.7 Å². The van der Waals surface area contributed by atoms with Crippen LogP contribution in [0.4, 0.5) is 0 Å². The van der Waals surface area contributed by atoms with Crippen molar-refractivity contribution in [2.45, 2.75) is 43.4 Å². The summed E-state index contributed by atoms with van der Waals surface area (Å²) in [4.78, 5) is 12.0. The Morgan fingerprint density at radius 1 is 1.38 bits per heavy atom. The van der Waals surface area contributed by atoms with Crippen molar-refractivity contribution in [2.24, 2.45) is 7.05 Å². The van der Waals surface area contributed by atoms with Gasteiger partial charge in [-0.3, -0.25) is 0 Å². The van der Waals surface area contributed by atoms with Crippen molar-refractivity contribution in [3.05, 3.63) is 33.8 Å². The van der Waals surface area contributed by atoms with Crippen LogP contribution in [-0.2, 0) is 39.5 Å². The fourth-order valence-electron chi connectivity index (χ4n) is 3.87. The van der Waals surface area contributed by atoms with Crippen molar-refractivity contribution >= 4 is 31.9 Å². The number of nitrogens with zero attached hydrogens (tertiary/aromatic N) is 4. The molecule has 0 aromatic carbocycles. The second-order valence-electron chi connectivity index (χ2n) is 7.21. The topological polar surface area (TPSA) is 95.7 Å². The van der Waals surface area contributed by atoms with Gasteiger partial charge in [-0.1, -0.05) is 0 Å². The van der Waals surface area contributed by atoms with Gasteiger partial charge in [0.15, 0.2) is 0 Å². The number of fused-ring (bicyclic) bond motifs is 1. The predicted octanol–water partition coefficient (Wildman–Crippen LogP) is 2.22. The molecule has 0 radical (unpaired) electrons. The van der Waals surface area contributed by atoms with E-state index in [1.807, 2.05) is 4.68 Å². The quantitative estimate of drug-likeness (QED) is 0.614. The van der Waals surface area contributed by atoms with Crippen LogP contribution in [0, 0.1) is 0 Å². The summed E-state index contributed by atoms with van der Waals surface area (Å²) in [5.74, 6) is -0.593. The molecule has 0 bridgehead atoms. The number of rotatable bonds is 4. The van der Waals surface area contributed by atoms with Crippen LogP contribution in [0.1, 0.15) is 47.2 Å². The van der Waals surface area contributed by atoms with Crippen LogP contribution in [0.15, 0.2) is 21.8 Å². The van der Waals surface area contributed by atoms with Gasteiger partial charge >= 0.3 is 5.97 Å². The van der Waals surface area contributed by atoms with Gasteiger partial charge in [0.2, 0.25) is 10.0 Å². The molecule has 1 atom stereocenters. The predicted molar refractivity (Wildman–Crippen MR) is 107 cm³/mol. The molecule has 0 amide bonds. The van der Waals surface area contributed by atoms with Crippen LogP contribution in [-0.4, -0.2) is 53.3 Å². The molecular weight excluding hydrogens is 464 g/mol. The van der Waals surface area contributed by atoms with Crippen LogP contribution in [0.5, 0.6) is 0 Å². The van der Waals surface area contributed by atoms with Crippen LogP contribution < -0.4 is 0 Å². The van der Waals surface area contributed by atoms with Crippen LogP contribution in [0.25, 0.3) is 0 Å². The Balaban J connectivity index is 1.61. The summed E-state index contributed by atoms with van der Waals surface area (Å²) >= 11 is 3.31. The van der Waals surface area contributed by atoms with Gasteiger partial charge in [-0.15, -0.1) is 0 Å². The van der Waals surface area contributed by atoms with E-state index >= 15 is 0 Å². The molecule has 0 saturated carbocycles. The first-order valence-corrected chi connectivity index (χ1v) is 11.7. The third-order valence-corrected chi connectivity index (χ3v) is 8.58. The molecule has 2 aliphatic heterocycles. The number of hydrogen-bond donors (Lipinski definition) is 0. The molecule has 9 nitrogen and oxygen atoms in total. The van der Waals surface area contributed by atoms with E-state index in [-0.39, 0.29) is 23.4 Å². The van der Waals surface area contributed by atoms with Gasteiger partial charge in [-0.2, -0.15) is 9.40 Å². The van der Waals surface area contributed by atoms with E-state index < -0.39 is 16.0 Å². The summed E-state index contributed by atoms with van der Waals surface area (Å²) in [5, 5.41) is 4.48. The molecule has 1 saturated heterocycles. The van der Waals surface area contributed by atoms with E-state index in [0.29, 0.717) is 17.6 Å². The molecule has 29 heavy (non-hydrogen) atoms. The zero-order valence-corrected chi connectivity index (χ0v) is 18.7. The van der Waals surface area contributed by atoms with Crippen molar-refractivity contribution in [1.29, 1.82) is 0 Å². The van der Waals surface area contributed by atoms with E-state index in [1.165, 1.54) is 22.0 Å². The highest BCUT2D eigenvalue weighted by atomic mass is 79.9. The summed E-state index contributed by atoms with van der Waals surface area (Å²) < 4.78 is 42.2. The maximum absolute atomic E-state index is 13.3. The molecule has 2 aromatic heterocycles. The molecule has 2 aromatic rings. The molecule has 1 fully saturated rings. The molecule has 11 heteroatoms. The number of halogens is 1. The van der Waals surface area contributed by atoms with Gasteiger partial charge in [0, 0.05) is 44.4 Å². The lowest BCUT2D eigenvalue weighted by Gasteiger charge is -2.29. The Labute approximate surface area is 177 Å². The summed E-state index contributed by atoms with van der Waals surface area (Å²) in [6.07, 6.45) is 5.30. The fourth-order valence-corrected chi connectivity index (χ4v) is 6.32. The SMILES string of the molecule is COC(=O)c1cc(S(=O)(=O)N2CCc3c(cnn3C3CCCCO3)C2)c(Br)n1C. The van der Waals surface area contributed by atoms with Crippen LogP contribution in [0.3, 0.4) is 0 Å². The molecule has 4 heterocycles. The highest BCUT2D eigenvalue weighted by molar-refractivity contribution is 9.10. The maximum Gasteiger partial charge on any atom is 0.354 e. The van der Waals surface area contributed by atoms with Gasteiger partial charge < -0.3 is 14.0 Å². The van der Waals surface area contributed by atoms with Crippen molar-refractivity contribution in [2.75, 3.05) is 20.3 Å². The lowest BCUT2D eigenvalue weighted by molar-refractivity contribution is -0.0414. The Morgan fingerprint density at radius 3 is 2.86 bits per heavy atom. The number of methoxy groups -OCH3 is 1. The minimum absolute atomic E-state index is 0.0480. The van der Waals surface area contributed by atoms with Gasteiger partial charge in [0.1, 0.15) is 21.4 Å². The summed E-state index contributed by atoms with van der Waals surface area (Å²) in [6, 6.07) is 1.35. The molecule has 2 aliphatic rings. The normalized spacial score (nSPS) is 20.4. The van der Waals surface area contributed by atoms with Crippen LogP contribution in [0.2, 0.25) is 0 Å². The third-order valence-electron chi connectivity index (χ3n) is 5.50. The summed E-state index contributed by atoms with van der Waals surface area (Å²) in [7, 11) is -0.935. The number of aromatic nitrogens is 3. The van der Waals surface area contributed by atoms with Crippen molar-refractivity contribution in [3.8, 4) is 0 Å². The molecule has 0 aliphatic carbocycles. The maximum atomic E-state index is 13.3. The average Bonchev–Trinajstić information content (AvgIpc) is 3.29. The first kappa shape index (κ1) is 20.6. The van der Waals surface area contributed by atoms with Crippen LogP contribution >= 0.6 is 15.9 Å². The minimum Gasteiger partial charge on any atom is -0.464 e. The number of esters is 1. The lowest BCUT2D eigenvalue weighted by Crippen LogP contribution is -2.36. The van der Waals surface area contributed by atoms with Crippen molar-refractivity contribution in [3.63, 3.8) is 0 Å². The van der Waals surface area contributed by atoms with Crippen molar-refractivity contribution < 1.29 is 22.7 Å². The number of carbonyl (C=O) groups excluding carboxylic acids is 1. The van der Waals surface area contributed by atoms with Gasteiger partial charge in [-0.05, 0) is 41.3 Å². The first-order chi connectivity index (χ1) is 13.8. The number of hydrogen-bond acceptors (Lipinski definition) is 6. The second kappa shape index (κ2) is 7.86. The van der Waals surface area contributed by atoms with Gasteiger partial charge in [-0.25, -0.2) is 17.9 Å². The lowest BCUT2D eigenvalue weighted by atomic mass is 10.1. The molecule has 0 N–H and O–H groups in total. The first-order valence-electron chi connectivity index (χ1n) is 9.45. The zero-order chi connectivity index (χ0) is 20.8. The van der Waals surface area contributed by atoms with E-state index in [2.05, 4.69) is 21.0 Å². The highest BCUT2D eigenvalue weighted by Crippen LogP contribution is 2.33. The Bertz CT molecular complexity index is 1040. The minimum atomic E-state index is -3.80. The van der Waals surface area contributed by atoms with E-state index in [0.717, 1.165) is 37.1 Å². The standard InChI is InChI=1S/C18H23BrN4O5S/c1-21-14(18(24)27-2)9-15(17(21)19)29(25,26)22-7-6-13-12(11-22)10-20-23(13)16-5-3-4-8-28-16/h9-10,16H,3-8,11H2,1-2H3. The van der Waals surface area contributed by atoms with Gasteiger partial charge in [0.25, 0.3) is 0 Å². The third kappa shape index (κ3) is 3.54. The molecule has 0 spiro atoms. The molecule has 158 valence electrons. The molecular formula is C18H23BrN4O5S. The Kier molecular flexibility index (Phi) is 5.58. The number of carbonyl (C=O) groups is 1. The molecule has 4 rings (SSSR count). The Hall–Kier alpha value is -1.69. The highest BCUT2D eigenvalue weighted by Gasteiger charge is 2.35. The van der Waals surface area contributed by atoms with Gasteiger partial charge in [0.05, 0.1) is 13.3 Å². The van der Waals surface area contributed by atoms with E-state index in [4.69, 9.17) is 9.47 Å². The average molecular weight is 487 g/mol. The van der Waals surface area contributed by atoms with E-state index in [1.54, 1.807) is 13.2 Å². The number of sulfonamides is 1. The Morgan fingerprint density at radius 2 is 2.17 bits per heavy atom.